The van der Waals surface area contributed by atoms with Crippen molar-refractivity contribution in [2.24, 2.45) is 16.8 Å². The van der Waals surface area contributed by atoms with Gasteiger partial charge in [-0.15, -0.1) is 24.0 Å². The summed E-state index contributed by atoms with van der Waals surface area (Å²) in [6.07, 6.45) is 2.81. The van der Waals surface area contributed by atoms with Crippen LogP contribution in [0.1, 0.15) is 40.0 Å². The predicted octanol–water partition coefficient (Wildman–Crippen LogP) is 3.31. The molecule has 0 radical (unpaired) electrons. The van der Waals surface area contributed by atoms with E-state index >= 15 is 0 Å². The van der Waals surface area contributed by atoms with E-state index in [1.54, 1.807) is 28.6 Å². The zero-order valence-corrected chi connectivity index (χ0v) is 20.4. The van der Waals surface area contributed by atoms with Gasteiger partial charge < -0.3 is 10.6 Å². The number of halogens is 1. The summed E-state index contributed by atoms with van der Waals surface area (Å²) < 4.78 is 27.0. The summed E-state index contributed by atoms with van der Waals surface area (Å²) in [5.74, 6) is 1.95. The minimum atomic E-state index is -3.37. The van der Waals surface area contributed by atoms with Crippen LogP contribution in [0.5, 0.6) is 0 Å². The molecule has 0 saturated carbocycles. The van der Waals surface area contributed by atoms with Crippen molar-refractivity contribution in [2.45, 2.75) is 44.9 Å². The number of rotatable bonds is 8. The van der Waals surface area contributed by atoms with Gasteiger partial charge in [0.25, 0.3) is 0 Å². The van der Waals surface area contributed by atoms with Crippen LogP contribution < -0.4 is 10.6 Å². The van der Waals surface area contributed by atoms with Gasteiger partial charge in [0.15, 0.2) is 5.96 Å². The molecule has 28 heavy (non-hydrogen) atoms. The summed E-state index contributed by atoms with van der Waals surface area (Å²) in [4.78, 5) is 5.09. The molecule has 0 aliphatic carbocycles. The van der Waals surface area contributed by atoms with E-state index < -0.39 is 10.0 Å². The van der Waals surface area contributed by atoms with Gasteiger partial charge in [0.05, 0.1) is 4.90 Å². The minimum Gasteiger partial charge on any atom is -0.357 e. The Morgan fingerprint density at radius 3 is 2.39 bits per heavy atom. The van der Waals surface area contributed by atoms with Gasteiger partial charge in [-0.1, -0.05) is 32.0 Å². The van der Waals surface area contributed by atoms with E-state index in [4.69, 9.17) is 4.99 Å². The molecule has 0 spiro atoms. The van der Waals surface area contributed by atoms with Gasteiger partial charge in [-0.2, -0.15) is 4.31 Å². The van der Waals surface area contributed by atoms with Crippen LogP contribution in [0, 0.1) is 11.8 Å². The second-order valence-electron chi connectivity index (χ2n) is 7.49. The molecule has 1 aliphatic heterocycles. The molecule has 0 bridgehead atoms. The normalized spacial score (nSPS) is 16.6. The van der Waals surface area contributed by atoms with Crippen molar-refractivity contribution in [1.82, 2.24) is 14.9 Å². The number of guanidine groups is 1. The second kappa shape index (κ2) is 12.6. The van der Waals surface area contributed by atoms with Crippen LogP contribution in [-0.4, -0.2) is 51.4 Å². The highest BCUT2D eigenvalue weighted by Gasteiger charge is 2.29. The third-order valence-electron chi connectivity index (χ3n) is 4.82. The quantitative estimate of drug-likeness (QED) is 0.312. The standard InChI is InChI=1S/C20H34N4O2S.HI/c1-4-21-20(22-13-10-17(2)3)23-16-18-11-14-24(15-12-18)27(25,26)19-8-6-5-7-9-19;/h5-9,17-18H,4,10-16H2,1-3H3,(H2,21,22,23);1H. The van der Waals surface area contributed by atoms with Crippen molar-refractivity contribution in [3.8, 4) is 0 Å². The summed E-state index contributed by atoms with van der Waals surface area (Å²) >= 11 is 0. The summed E-state index contributed by atoms with van der Waals surface area (Å²) in [6, 6.07) is 8.70. The SMILES string of the molecule is CCNC(=NCC1CCN(S(=O)(=O)c2ccccc2)CC1)NCCC(C)C.I. The first kappa shape index (κ1) is 25.2. The number of nitrogens with one attached hydrogen (secondary N) is 2. The Labute approximate surface area is 187 Å². The van der Waals surface area contributed by atoms with E-state index in [2.05, 4.69) is 31.4 Å². The number of hydrogen-bond acceptors (Lipinski definition) is 3. The van der Waals surface area contributed by atoms with Gasteiger partial charge in [0.2, 0.25) is 10.0 Å². The predicted molar refractivity (Wildman–Crippen MR) is 127 cm³/mol. The molecule has 0 amide bonds. The molecule has 1 aromatic carbocycles. The number of nitrogens with zero attached hydrogens (tertiary/aromatic N) is 2. The Morgan fingerprint density at radius 2 is 1.82 bits per heavy atom. The zero-order valence-electron chi connectivity index (χ0n) is 17.2. The molecule has 1 fully saturated rings. The van der Waals surface area contributed by atoms with Gasteiger partial charge in [-0.3, -0.25) is 4.99 Å². The monoisotopic (exact) mass is 522 g/mol. The van der Waals surface area contributed by atoms with E-state index in [0.29, 0.717) is 29.8 Å². The zero-order chi connectivity index (χ0) is 19.7. The van der Waals surface area contributed by atoms with Gasteiger partial charge in [-0.25, -0.2) is 8.42 Å². The topological polar surface area (TPSA) is 73.8 Å². The lowest BCUT2D eigenvalue weighted by Gasteiger charge is -2.30. The maximum Gasteiger partial charge on any atom is 0.243 e. The van der Waals surface area contributed by atoms with Crippen LogP contribution in [0.2, 0.25) is 0 Å². The largest absolute Gasteiger partial charge is 0.357 e. The molecule has 8 heteroatoms. The Morgan fingerprint density at radius 1 is 1.18 bits per heavy atom. The fraction of sp³-hybridized carbons (Fsp3) is 0.650. The number of piperidine rings is 1. The smallest absolute Gasteiger partial charge is 0.243 e. The van der Waals surface area contributed by atoms with Crippen molar-refractivity contribution >= 4 is 40.0 Å². The molecule has 160 valence electrons. The van der Waals surface area contributed by atoms with Crippen molar-refractivity contribution in [2.75, 3.05) is 32.7 Å². The fourth-order valence-electron chi connectivity index (χ4n) is 3.12. The first-order valence-electron chi connectivity index (χ1n) is 10.0. The number of benzene rings is 1. The van der Waals surface area contributed by atoms with E-state index in [1.165, 1.54) is 0 Å². The molecule has 0 unspecified atom stereocenters. The van der Waals surface area contributed by atoms with Gasteiger partial charge in [0.1, 0.15) is 0 Å². The van der Waals surface area contributed by atoms with Crippen LogP contribution >= 0.6 is 24.0 Å². The Balaban J connectivity index is 0.00000392. The van der Waals surface area contributed by atoms with Crippen molar-refractivity contribution in [3.63, 3.8) is 0 Å². The third-order valence-corrected chi connectivity index (χ3v) is 6.73. The van der Waals surface area contributed by atoms with E-state index in [-0.39, 0.29) is 24.0 Å². The highest BCUT2D eigenvalue weighted by atomic mass is 127. The summed E-state index contributed by atoms with van der Waals surface area (Å²) in [6.45, 7) is 10.1. The van der Waals surface area contributed by atoms with Crippen molar-refractivity contribution in [3.05, 3.63) is 30.3 Å². The molecular weight excluding hydrogens is 487 g/mol. The van der Waals surface area contributed by atoms with Crippen LogP contribution in [0.4, 0.5) is 0 Å². The highest BCUT2D eigenvalue weighted by Crippen LogP contribution is 2.23. The average Bonchev–Trinajstić information content (AvgIpc) is 2.67. The number of sulfonamides is 1. The maximum atomic E-state index is 12.7. The van der Waals surface area contributed by atoms with Crippen LogP contribution in [0.15, 0.2) is 40.2 Å². The first-order valence-corrected chi connectivity index (χ1v) is 11.4. The summed E-state index contributed by atoms with van der Waals surface area (Å²) in [7, 11) is -3.37. The molecule has 1 aliphatic rings. The molecule has 2 N–H and O–H groups in total. The molecule has 6 nitrogen and oxygen atoms in total. The Hall–Kier alpha value is -0.870. The van der Waals surface area contributed by atoms with Crippen molar-refractivity contribution < 1.29 is 8.42 Å². The lowest BCUT2D eigenvalue weighted by molar-refractivity contribution is 0.278. The molecular formula is C20H35IN4O2S. The van der Waals surface area contributed by atoms with Gasteiger partial charge in [0, 0.05) is 32.7 Å². The molecule has 1 heterocycles. The summed E-state index contributed by atoms with van der Waals surface area (Å²) in [5.41, 5.74) is 0. The highest BCUT2D eigenvalue weighted by molar-refractivity contribution is 14.0. The van der Waals surface area contributed by atoms with Crippen molar-refractivity contribution in [1.29, 1.82) is 0 Å². The Kier molecular flexibility index (Phi) is 11.4. The number of hydrogen-bond donors (Lipinski definition) is 2. The third kappa shape index (κ3) is 7.87. The molecule has 0 atom stereocenters. The number of aliphatic imine (C=N–C) groups is 1. The average molecular weight is 522 g/mol. The molecule has 2 rings (SSSR count). The molecule has 1 saturated heterocycles. The van der Waals surface area contributed by atoms with E-state index in [9.17, 15) is 8.42 Å². The second-order valence-corrected chi connectivity index (χ2v) is 9.43. The Bertz CT molecular complexity index is 687. The van der Waals surface area contributed by atoms with Gasteiger partial charge in [-0.05, 0) is 50.2 Å². The van der Waals surface area contributed by atoms with Gasteiger partial charge >= 0.3 is 0 Å². The van der Waals surface area contributed by atoms with E-state index in [1.807, 2.05) is 6.07 Å². The van der Waals surface area contributed by atoms with Crippen LogP contribution in [0.25, 0.3) is 0 Å². The van der Waals surface area contributed by atoms with E-state index in [0.717, 1.165) is 44.9 Å². The van der Waals surface area contributed by atoms with Crippen LogP contribution in [-0.2, 0) is 10.0 Å². The van der Waals surface area contributed by atoms with Crippen LogP contribution in [0.3, 0.4) is 0 Å². The lowest BCUT2D eigenvalue weighted by Crippen LogP contribution is -2.40. The summed E-state index contributed by atoms with van der Waals surface area (Å²) in [5, 5.41) is 6.66. The fourth-order valence-corrected chi connectivity index (χ4v) is 4.61. The maximum absolute atomic E-state index is 12.7. The molecule has 0 aromatic heterocycles. The lowest BCUT2D eigenvalue weighted by atomic mass is 9.98. The first-order chi connectivity index (χ1) is 12.9. The molecule has 1 aromatic rings. The minimum absolute atomic E-state index is 0.